The minimum atomic E-state index is -2.57. The molecule has 3 aliphatic rings. The molecule has 0 spiro atoms. The van der Waals surface area contributed by atoms with Gasteiger partial charge in [0.25, 0.3) is 14.0 Å². The van der Waals surface area contributed by atoms with Crippen molar-refractivity contribution >= 4 is 55.7 Å². The summed E-state index contributed by atoms with van der Waals surface area (Å²) >= 11 is 0. The first-order valence-corrected chi connectivity index (χ1v) is 32.0. The minimum Gasteiger partial charge on any atom is -0.543 e. The van der Waals surface area contributed by atoms with Crippen LogP contribution < -0.4 is 18.8 Å². The van der Waals surface area contributed by atoms with Crippen molar-refractivity contribution in [2.45, 2.75) is 179 Å². The van der Waals surface area contributed by atoms with Gasteiger partial charge >= 0.3 is 12.2 Å². The summed E-state index contributed by atoms with van der Waals surface area (Å²) in [4.78, 5) is 42.3. The number of halogens is 2. The lowest BCUT2D eigenvalue weighted by Crippen LogP contribution is -2.50. The second-order valence-electron chi connectivity index (χ2n) is 24.0. The molecular formula is C59H78F2N6O8Si2. The Morgan fingerprint density at radius 2 is 1.53 bits per heavy atom. The van der Waals surface area contributed by atoms with Gasteiger partial charge in [-0.1, -0.05) is 95.1 Å². The Bertz CT molecular complexity index is 3030. The van der Waals surface area contributed by atoms with E-state index in [9.17, 15) is 20.0 Å². The van der Waals surface area contributed by atoms with E-state index in [1.807, 2.05) is 17.0 Å². The molecule has 3 fully saturated rings. The fraction of sp³-hybridized carbons (Fsp3) is 0.559. The molecule has 0 unspecified atom stereocenters. The maximum Gasteiger partial charge on any atom is 0.513 e. The number of β-amino-alcohol motifs (C(OH)–C–C–N with tert-alkyl or cyclic N) is 1. The monoisotopic (exact) mass is 1090 g/mol. The lowest BCUT2D eigenvalue weighted by molar-refractivity contribution is -0.384. The van der Waals surface area contributed by atoms with E-state index in [0.29, 0.717) is 59.1 Å². The number of nitrogens with zero attached hydrogens (tertiary/aromatic N) is 6. The van der Waals surface area contributed by atoms with Gasteiger partial charge in [-0.25, -0.2) is 13.6 Å². The first-order valence-electron chi connectivity index (χ1n) is 27.6. The Balaban J connectivity index is 1.22. The van der Waals surface area contributed by atoms with Crippen molar-refractivity contribution in [2.24, 2.45) is 0 Å². The van der Waals surface area contributed by atoms with Gasteiger partial charge in [-0.3, -0.25) is 20.0 Å². The van der Waals surface area contributed by atoms with Gasteiger partial charge in [0.1, 0.15) is 55.6 Å². The van der Waals surface area contributed by atoms with Crippen molar-refractivity contribution in [2.75, 3.05) is 37.7 Å². The molecule has 2 aromatic heterocycles. The van der Waals surface area contributed by atoms with Crippen LogP contribution in [0.5, 0.6) is 17.5 Å². The molecule has 0 bridgehead atoms. The third-order valence-corrected chi connectivity index (χ3v) is 29.6. The van der Waals surface area contributed by atoms with Crippen molar-refractivity contribution in [1.29, 1.82) is 0 Å². The normalized spacial score (nSPS) is 20.2. The molecule has 0 amide bonds. The number of aliphatic hydroxyl groups is 1. The zero-order valence-electron chi connectivity index (χ0n) is 47.3. The Morgan fingerprint density at radius 3 is 2.16 bits per heavy atom. The highest BCUT2D eigenvalue weighted by atomic mass is 28.4. The number of ether oxygens (including phenoxy) is 3. The molecule has 0 aliphatic carbocycles. The van der Waals surface area contributed by atoms with E-state index in [1.165, 1.54) is 30.3 Å². The number of piperidine rings is 1. The topological polar surface area (TPSA) is 163 Å². The number of anilines is 1. The van der Waals surface area contributed by atoms with Gasteiger partial charge in [0.05, 0.1) is 27.0 Å². The Kier molecular flexibility index (Phi) is 16.8. The van der Waals surface area contributed by atoms with Gasteiger partial charge in [-0.05, 0) is 121 Å². The largest absolute Gasteiger partial charge is 0.543 e. The maximum absolute atomic E-state index is 18.4. The summed E-state index contributed by atoms with van der Waals surface area (Å²) in [5, 5.41) is 23.9. The summed E-state index contributed by atoms with van der Waals surface area (Å²) in [6.45, 7) is 30.1. The smallest absolute Gasteiger partial charge is 0.513 e. The Hall–Kier alpha value is -5.75. The minimum absolute atomic E-state index is 0.0326. The van der Waals surface area contributed by atoms with E-state index in [-0.39, 0.29) is 93.3 Å². The number of nitro benzene ring substituents is 1. The number of non-ortho nitro benzene ring substituents is 1. The van der Waals surface area contributed by atoms with Crippen molar-refractivity contribution in [3.05, 3.63) is 82.0 Å². The summed E-state index contributed by atoms with van der Waals surface area (Å²) in [5.41, 5.74) is 4.14. The predicted molar refractivity (Wildman–Crippen MR) is 304 cm³/mol. The predicted octanol–water partition coefficient (Wildman–Crippen LogP) is 14.1. The number of rotatable bonds is 17. The second kappa shape index (κ2) is 22.5. The van der Waals surface area contributed by atoms with Crippen LogP contribution in [0.1, 0.15) is 134 Å². The third-order valence-electron chi connectivity index (χ3n) is 17.3. The van der Waals surface area contributed by atoms with Crippen LogP contribution in [0, 0.1) is 33.2 Å². The van der Waals surface area contributed by atoms with Gasteiger partial charge in [0.15, 0.2) is 5.82 Å². The van der Waals surface area contributed by atoms with Crippen LogP contribution >= 0.6 is 0 Å². The van der Waals surface area contributed by atoms with E-state index < -0.39 is 50.2 Å². The van der Waals surface area contributed by atoms with Crippen LogP contribution in [0.2, 0.25) is 33.2 Å². The highest BCUT2D eigenvalue weighted by Crippen LogP contribution is 2.48. The quantitative estimate of drug-likeness (QED) is 0.0234. The zero-order chi connectivity index (χ0) is 55.9. The fourth-order valence-electron chi connectivity index (χ4n) is 13.8. The highest BCUT2D eigenvalue weighted by Gasteiger charge is 2.51. The number of nitro groups is 1. The molecule has 3 aliphatic heterocycles. The van der Waals surface area contributed by atoms with Crippen LogP contribution in [0.3, 0.4) is 0 Å². The lowest BCUT2D eigenvalue weighted by Gasteiger charge is -2.42. The maximum atomic E-state index is 18.4. The number of fused-ring (bicyclic) bond motifs is 3. The van der Waals surface area contributed by atoms with Crippen molar-refractivity contribution in [3.8, 4) is 40.2 Å². The van der Waals surface area contributed by atoms with Crippen molar-refractivity contribution in [1.82, 2.24) is 19.9 Å². The number of carbonyl (C=O) groups is 1. The van der Waals surface area contributed by atoms with E-state index in [1.54, 1.807) is 19.2 Å². The molecule has 1 N–H and O–H groups in total. The molecule has 3 atom stereocenters. The molecule has 14 nitrogen and oxygen atoms in total. The zero-order valence-corrected chi connectivity index (χ0v) is 49.3. The van der Waals surface area contributed by atoms with Gasteiger partial charge in [0, 0.05) is 48.4 Å². The second-order valence-corrected chi connectivity index (χ2v) is 35.0. The van der Waals surface area contributed by atoms with Gasteiger partial charge in [0.2, 0.25) is 0 Å². The van der Waals surface area contributed by atoms with Crippen molar-refractivity contribution < 1.29 is 42.2 Å². The molecule has 0 radical (unpaired) electrons. The Morgan fingerprint density at radius 1 is 0.870 bits per heavy atom. The first kappa shape index (κ1) is 57.4. The van der Waals surface area contributed by atoms with Crippen molar-refractivity contribution in [3.63, 3.8) is 0 Å². The van der Waals surface area contributed by atoms with E-state index >= 15 is 8.78 Å². The number of hydrogen-bond donors (Lipinski definition) is 1. The van der Waals surface area contributed by atoms with Crippen LogP contribution in [0.4, 0.5) is 25.1 Å². The molecule has 18 heteroatoms. The number of carbonyl (C=O) groups excluding carboxylic acids is 1. The summed E-state index contributed by atoms with van der Waals surface area (Å²) < 4.78 is 60.0. The van der Waals surface area contributed by atoms with Crippen LogP contribution in [-0.2, 0) is 4.74 Å². The number of pyridine rings is 1. The van der Waals surface area contributed by atoms with Crippen LogP contribution in [0.25, 0.3) is 32.9 Å². The summed E-state index contributed by atoms with van der Waals surface area (Å²) in [5.74, 6) is 3.24. The molecule has 77 heavy (non-hydrogen) atoms. The summed E-state index contributed by atoms with van der Waals surface area (Å²) in [6.07, 6.45) is 5.02. The average molecular weight is 1090 g/mol. The molecule has 414 valence electrons. The molecule has 0 saturated carbocycles. The Labute approximate surface area is 454 Å². The van der Waals surface area contributed by atoms with Crippen LogP contribution in [0.15, 0.2) is 54.7 Å². The van der Waals surface area contributed by atoms with Gasteiger partial charge in [-0.2, -0.15) is 9.97 Å². The number of aromatic nitrogens is 3. The highest BCUT2D eigenvalue weighted by molar-refractivity contribution is 6.90. The first-order chi connectivity index (χ1) is 36.3. The molecule has 5 aromatic rings. The summed E-state index contributed by atoms with van der Waals surface area (Å²) in [6, 6.07) is 12.0. The molecule has 3 saturated heterocycles. The number of hydrogen-bond acceptors (Lipinski definition) is 13. The molecule has 3 aromatic carbocycles. The standard InChI is InChI=1S/C59H78F2N6O8Si2/c1-36(2)76(37(3)4,38(5)6)29-23-47-50(60)21-16-42-30-46(75-77(39(7)8,40(9)10)41(11)12)31-48(51(42)47)53-52(61)54-49(32-62-53)55(65-27-14-24-58(13,69)34-65)64-56(63-54)73-35-59-25-15-28-66(59)44(22-26-59)33-72-57(68)74-45-19-17-43(18-20-45)67(70)71/h16-21,30-32,36-41,44,69H,14-15,22,24-28,33-35H2,1-13H3/t44-,58+,59-/m0/s1. The lowest BCUT2D eigenvalue weighted by atomic mass is 9.94. The fourth-order valence-corrected chi connectivity index (χ4v) is 24.2. The average Bonchev–Trinajstić information content (AvgIpc) is 3.94. The number of benzene rings is 3. The third kappa shape index (κ3) is 11.2. The van der Waals surface area contributed by atoms with Crippen LogP contribution in [-0.4, -0.2) is 102 Å². The SMILES string of the molecule is CC(C)[Si](C#Cc1c(F)ccc2cc(O[Si](C(C)C)(C(C)C)C(C)C)cc(-c3ncc4c(N5CCC[C@@](C)(O)C5)nc(OC[C@@]56CCCN5[C@H](COC(=O)Oc5ccc([N+](=O)[O-])cc5)CC6)nc4c3F)c12)(C(C)C)C(C)C. The summed E-state index contributed by atoms with van der Waals surface area (Å²) in [7, 11) is -4.95. The van der Waals surface area contributed by atoms with Gasteiger partial charge < -0.3 is 28.6 Å². The molecular weight excluding hydrogens is 1010 g/mol. The van der Waals surface area contributed by atoms with E-state index in [0.717, 1.165) is 25.8 Å². The molecule has 5 heterocycles. The van der Waals surface area contributed by atoms with Gasteiger partial charge in [-0.15, -0.1) is 5.54 Å². The molecule has 8 rings (SSSR count). The van der Waals surface area contributed by atoms with E-state index in [2.05, 4.69) is 99.4 Å². The van der Waals surface area contributed by atoms with E-state index in [4.69, 9.17) is 33.6 Å².